The van der Waals surface area contributed by atoms with Crippen molar-refractivity contribution in [1.29, 1.82) is 0 Å². The van der Waals surface area contributed by atoms with Crippen molar-refractivity contribution in [2.45, 2.75) is 76.4 Å². The Labute approximate surface area is 162 Å². The molecule has 3 N–H and O–H groups in total. The van der Waals surface area contributed by atoms with Crippen LogP contribution in [0.5, 0.6) is 0 Å². The second-order valence-electron chi connectivity index (χ2n) is 8.87. The SMILES string of the molecule is CCOC1CC(N)(C(=O)NCC2(c3ccc(F)cc3)CCCCC2)C1(C)C. The van der Waals surface area contributed by atoms with Crippen LogP contribution < -0.4 is 11.1 Å². The lowest BCUT2D eigenvalue weighted by molar-refractivity contribution is -0.170. The predicted octanol–water partition coefficient (Wildman–Crippen LogP) is 3.68. The average molecular weight is 377 g/mol. The molecule has 150 valence electrons. The zero-order valence-electron chi connectivity index (χ0n) is 16.8. The Kier molecular flexibility index (Phi) is 5.64. The molecule has 0 spiro atoms. The fourth-order valence-corrected chi connectivity index (χ4v) is 4.83. The van der Waals surface area contributed by atoms with Crippen molar-refractivity contribution in [3.63, 3.8) is 0 Å². The van der Waals surface area contributed by atoms with Crippen molar-refractivity contribution in [1.82, 2.24) is 5.32 Å². The number of nitrogens with one attached hydrogen (secondary N) is 1. The molecule has 1 aromatic carbocycles. The molecule has 4 nitrogen and oxygen atoms in total. The minimum absolute atomic E-state index is 0.0130. The lowest BCUT2D eigenvalue weighted by atomic mass is 9.54. The molecule has 0 aromatic heterocycles. The standard InChI is InChI=1S/C22H33FN2O2/c1-4-27-18-14-22(24,20(18,2)3)19(26)25-15-21(12-6-5-7-13-21)16-8-10-17(23)11-9-16/h8-11,18H,4-7,12-15,24H2,1-3H3,(H,25,26). The Balaban J connectivity index is 1.72. The lowest BCUT2D eigenvalue weighted by Gasteiger charge is -2.57. The van der Waals surface area contributed by atoms with Gasteiger partial charge in [-0.15, -0.1) is 0 Å². The molecule has 0 radical (unpaired) electrons. The molecule has 2 fully saturated rings. The third-order valence-electron chi connectivity index (χ3n) is 7.09. The maximum Gasteiger partial charge on any atom is 0.240 e. The number of carbonyl (C=O) groups is 1. The van der Waals surface area contributed by atoms with Gasteiger partial charge in [0.1, 0.15) is 11.4 Å². The normalized spacial score (nSPS) is 29.0. The summed E-state index contributed by atoms with van der Waals surface area (Å²) in [6.45, 7) is 7.15. The molecule has 5 heteroatoms. The highest BCUT2D eigenvalue weighted by Gasteiger charge is 2.62. The fraction of sp³-hybridized carbons (Fsp3) is 0.682. The molecule has 27 heavy (non-hydrogen) atoms. The zero-order valence-corrected chi connectivity index (χ0v) is 16.8. The predicted molar refractivity (Wildman–Crippen MR) is 105 cm³/mol. The number of nitrogens with two attached hydrogens (primary N) is 1. The van der Waals surface area contributed by atoms with Crippen LogP contribution in [0.4, 0.5) is 4.39 Å². The molecule has 2 aliphatic rings. The summed E-state index contributed by atoms with van der Waals surface area (Å²) in [5, 5.41) is 3.15. The molecule has 2 atom stereocenters. The van der Waals surface area contributed by atoms with Crippen molar-refractivity contribution < 1.29 is 13.9 Å². The van der Waals surface area contributed by atoms with Crippen molar-refractivity contribution >= 4 is 5.91 Å². The first-order valence-electron chi connectivity index (χ1n) is 10.2. The Bertz CT molecular complexity index is 667. The minimum atomic E-state index is -0.911. The molecule has 2 saturated carbocycles. The van der Waals surface area contributed by atoms with Gasteiger partial charge in [0.15, 0.2) is 0 Å². The molecule has 3 rings (SSSR count). The first kappa shape index (κ1) is 20.3. The van der Waals surface area contributed by atoms with Crippen molar-refractivity contribution in [3.8, 4) is 0 Å². The Morgan fingerprint density at radius 2 is 1.85 bits per heavy atom. The van der Waals surface area contributed by atoms with Crippen LogP contribution in [0.2, 0.25) is 0 Å². The number of carbonyl (C=O) groups excluding carboxylic acids is 1. The summed E-state index contributed by atoms with van der Waals surface area (Å²) in [4.78, 5) is 13.0. The number of hydrogen-bond acceptors (Lipinski definition) is 3. The highest BCUT2D eigenvalue weighted by Crippen LogP contribution is 2.50. The van der Waals surface area contributed by atoms with E-state index in [1.165, 1.54) is 18.6 Å². The van der Waals surface area contributed by atoms with Gasteiger partial charge in [0.05, 0.1) is 6.10 Å². The molecule has 0 aliphatic heterocycles. The van der Waals surface area contributed by atoms with Crippen LogP contribution in [0.25, 0.3) is 0 Å². The minimum Gasteiger partial charge on any atom is -0.378 e. The second kappa shape index (κ2) is 7.51. The quantitative estimate of drug-likeness (QED) is 0.796. The maximum atomic E-state index is 13.4. The van der Waals surface area contributed by atoms with E-state index >= 15 is 0 Å². The molecular formula is C22H33FN2O2. The molecule has 0 saturated heterocycles. The van der Waals surface area contributed by atoms with Gasteiger partial charge in [-0.1, -0.05) is 45.2 Å². The Morgan fingerprint density at radius 1 is 1.22 bits per heavy atom. The van der Waals surface area contributed by atoms with E-state index in [9.17, 15) is 9.18 Å². The van der Waals surface area contributed by atoms with Gasteiger partial charge in [-0.25, -0.2) is 4.39 Å². The summed E-state index contributed by atoms with van der Waals surface area (Å²) in [6.07, 6.45) is 6.02. The third kappa shape index (κ3) is 3.52. The van der Waals surface area contributed by atoms with Gasteiger partial charge in [-0.2, -0.15) is 0 Å². The Morgan fingerprint density at radius 3 is 2.41 bits per heavy atom. The molecule has 0 heterocycles. The first-order chi connectivity index (χ1) is 12.7. The summed E-state index contributed by atoms with van der Waals surface area (Å²) >= 11 is 0. The molecule has 2 unspecified atom stereocenters. The van der Waals surface area contributed by atoms with Crippen LogP contribution in [0.15, 0.2) is 24.3 Å². The second-order valence-corrected chi connectivity index (χ2v) is 8.87. The zero-order chi connectivity index (χ0) is 19.7. The number of ether oxygens (including phenoxy) is 1. The fourth-order valence-electron chi connectivity index (χ4n) is 4.83. The van der Waals surface area contributed by atoms with Gasteiger partial charge in [-0.05, 0) is 37.5 Å². The van der Waals surface area contributed by atoms with Gasteiger partial charge in [0.2, 0.25) is 5.91 Å². The van der Waals surface area contributed by atoms with E-state index in [0.29, 0.717) is 19.6 Å². The highest BCUT2D eigenvalue weighted by molar-refractivity contribution is 5.88. The smallest absolute Gasteiger partial charge is 0.240 e. The van der Waals surface area contributed by atoms with Crippen LogP contribution in [0, 0.1) is 11.2 Å². The summed E-state index contributed by atoms with van der Waals surface area (Å²) in [6, 6.07) is 6.76. The van der Waals surface area contributed by atoms with Crippen molar-refractivity contribution in [3.05, 3.63) is 35.6 Å². The van der Waals surface area contributed by atoms with Gasteiger partial charge < -0.3 is 15.8 Å². The summed E-state index contributed by atoms with van der Waals surface area (Å²) in [7, 11) is 0. The van der Waals surface area contributed by atoms with Gasteiger partial charge >= 0.3 is 0 Å². The summed E-state index contributed by atoms with van der Waals surface area (Å²) < 4.78 is 19.1. The number of halogens is 1. The van der Waals surface area contributed by atoms with E-state index in [-0.39, 0.29) is 23.2 Å². The van der Waals surface area contributed by atoms with E-state index < -0.39 is 11.0 Å². The maximum absolute atomic E-state index is 13.4. The van der Waals surface area contributed by atoms with Crippen molar-refractivity contribution in [2.75, 3.05) is 13.2 Å². The third-order valence-corrected chi connectivity index (χ3v) is 7.09. The molecule has 2 aliphatic carbocycles. The summed E-state index contributed by atoms with van der Waals surface area (Å²) in [5.41, 5.74) is 6.18. The largest absolute Gasteiger partial charge is 0.378 e. The number of benzene rings is 1. The highest BCUT2D eigenvalue weighted by atomic mass is 19.1. The topological polar surface area (TPSA) is 64.3 Å². The average Bonchev–Trinajstić information content (AvgIpc) is 2.67. The molecular weight excluding hydrogens is 343 g/mol. The first-order valence-corrected chi connectivity index (χ1v) is 10.2. The van der Waals surface area contributed by atoms with Crippen molar-refractivity contribution in [2.24, 2.45) is 11.1 Å². The van der Waals surface area contributed by atoms with E-state index in [1.807, 2.05) is 32.9 Å². The molecule has 0 bridgehead atoms. The van der Waals surface area contributed by atoms with Gasteiger partial charge in [0, 0.05) is 30.4 Å². The molecule has 1 amide bonds. The van der Waals surface area contributed by atoms with E-state index in [1.54, 1.807) is 0 Å². The number of rotatable bonds is 6. The molecule has 1 aromatic rings. The Hall–Kier alpha value is -1.46. The van der Waals surface area contributed by atoms with E-state index in [0.717, 1.165) is 31.2 Å². The van der Waals surface area contributed by atoms with Crippen LogP contribution in [-0.4, -0.2) is 30.7 Å². The lowest BCUT2D eigenvalue weighted by Crippen LogP contribution is -2.76. The van der Waals surface area contributed by atoms with E-state index in [4.69, 9.17) is 10.5 Å². The monoisotopic (exact) mass is 376 g/mol. The summed E-state index contributed by atoms with van der Waals surface area (Å²) in [5.74, 6) is -0.330. The van der Waals surface area contributed by atoms with E-state index in [2.05, 4.69) is 5.32 Å². The number of hydrogen-bond donors (Lipinski definition) is 2. The van der Waals surface area contributed by atoms with Crippen LogP contribution >= 0.6 is 0 Å². The van der Waals surface area contributed by atoms with Gasteiger partial charge in [0.25, 0.3) is 0 Å². The van der Waals surface area contributed by atoms with Crippen LogP contribution in [0.1, 0.15) is 64.9 Å². The van der Waals surface area contributed by atoms with Gasteiger partial charge in [-0.3, -0.25) is 4.79 Å². The van der Waals surface area contributed by atoms with Crippen LogP contribution in [-0.2, 0) is 14.9 Å². The number of amides is 1. The van der Waals surface area contributed by atoms with Crippen LogP contribution in [0.3, 0.4) is 0 Å².